The van der Waals surface area contributed by atoms with Gasteiger partial charge >= 0.3 is 5.97 Å². The fourth-order valence-corrected chi connectivity index (χ4v) is 3.76. The van der Waals surface area contributed by atoms with Crippen LogP contribution in [0.15, 0.2) is 12.2 Å². The largest absolute Gasteiger partial charge is 0.481 e. The lowest BCUT2D eigenvalue weighted by Gasteiger charge is -2.03. The van der Waals surface area contributed by atoms with Crippen molar-refractivity contribution in [3.8, 4) is 0 Å². The molecule has 0 aromatic heterocycles. The van der Waals surface area contributed by atoms with Crippen molar-refractivity contribution in [3.63, 3.8) is 0 Å². The molecule has 0 aliphatic carbocycles. The first kappa shape index (κ1) is 27.2. The highest BCUT2D eigenvalue weighted by Crippen LogP contribution is 2.14. The number of allylic oxidation sites excluding steroid dienone is 2. The van der Waals surface area contributed by atoms with E-state index in [2.05, 4.69) is 19.1 Å². The molecule has 0 saturated carbocycles. The van der Waals surface area contributed by atoms with Gasteiger partial charge in [0.25, 0.3) is 0 Å². The molecule has 0 aliphatic rings. The Hall–Kier alpha value is -0.790. The molecule has 2 nitrogen and oxygen atoms in total. The number of carboxylic acids is 1. The highest BCUT2D eigenvalue weighted by Gasteiger charge is 1.96. The number of rotatable bonds is 23. The summed E-state index contributed by atoms with van der Waals surface area (Å²) in [6.45, 7) is 2.29. The monoisotopic (exact) mass is 394 g/mol. The summed E-state index contributed by atoms with van der Waals surface area (Å²) < 4.78 is 0. The van der Waals surface area contributed by atoms with Gasteiger partial charge in [0, 0.05) is 6.42 Å². The van der Waals surface area contributed by atoms with E-state index in [1.807, 2.05) is 0 Å². The van der Waals surface area contributed by atoms with Gasteiger partial charge in [-0.15, -0.1) is 0 Å². The minimum atomic E-state index is -0.664. The molecule has 0 radical (unpaired) electrons. The molecule has 1 N–H and O–H groups in total. The fourth-order valence-electron chi connectivity index (χ4n) is 3.76. The zero-order valence-electron chi connectivity index (χ0n) is 19.1. The van der Waals surface area contributed by atoms with E-state index in [4.69, 9.17) is 5.11 Å². The Bertz CT molecular complexity index is 335. The highest BCUT2D eigenvalue weighted by molar-refractivity contribution is 5.66. The Kier molecular flexibility index (Phi) is 23.6. The Balaban J connectivity index is 3.07. The molecule has 0 saturated heterocycles. The van der Waals surface area contributed by atoms with Crippen LogP contribution in [0.3, 0.4) is 0 Å². The third-order valence-electron chi connectivity index (χ3n) is 5.65. The Morgan fingerprint density at radius 2 is 0.857 bits per heavy atom. The maximum atomic E-state index is 10.4. The minimum absolute atomic E-state index is 0.328. The second kappa shape index (κ2) is 24.2. The molecule has 0 bridgehead atoms. The molecule has 0 amide bonds. The predicted octanol–water partition coefficient (Wildman–Crippen LogP) is 9.23. The zero-order chi connectivity index (χ0) is 20.5. The number of hydrogen-bond acceptors (Lipinski definition) is 1. The van der Waals surface area contributed by atoms with Crippen molar-refractivity contribution in [1.82, 2.24) is 0 Å². The Morgan fingerprint density at radius 1 is 0.536 bits per heavy atom. The van der Waals surface area contributed by atoms with Gasteiger partial charge in [0.2, 0.25) is 0 Å². The van der Waals surface area contributed by atoms with Crippen molar-refractivity contribution >= 4 is 5.97 Å². The summed E-state index contributed by atoms with van der Waals surface area (Å²) in [6, 6.07) is 0. The van der Waals surface area contributed by atoms with Crippen LogP contribution >= 0.6 is 0 Å². The first-order chi connectivity index (χ1) is 13.8. The average Bonchev–Trinajstić information content (AvgIpc) is 2.68. The predicted molar refractivity (Wildman–Crippen MR) is 124 cm³/mol. The second-order valence-electron chi connectivity index (χ2n) is 8.56. The maximum absolute atomic E-state index is 10.4. The molecule has 0 aromatic rings. The van der Waals surface area contributed by atoms with Crippen LogP contribution in [0.4, 0.5) is 0 Å². The van der Waals surface area contributed by atoms with Crippen LogP contribution in [0, 0.1) is 0 Å². The quantitative estimate of drug-likeness (QED) is 0.138. The fraction of sp³-hybridized carbons (Fsp3) is 0.885. The van der Waals surface area contributed by atoms with Gasteiger partial charge in [0.05, 0.1) is 0 Å². The summed E-state index contributed by atoms with van der Waals surface area (Å²) in [5, 5.41) is 8.57. The molecule has 0 aliphatic heterocycles. The third-order valence-corrected chi connectivity index (χ3v) is 5.65. The smallest absolute Gasteiger partial charge is 0.303 e. The molecule has 0 unspecified atom stereocenters. The molecule has 0 fully saturated rings. The molecular weight excluding hydrogens is 344 g/mol. The molecule has 0 aromatic carbocycles. The second-order valence-corrected chi connectivity index (χ2v) is 8.56. The normalized spacial score (nSPS) is 11.5. The van der Waals surface area contributed by atoms with E-state index in [0.29, 0.717) is 6.42 Å². The van der Waals surface area contributed by atoms with Gasteiger partial charge in [0.15, 0.2) is 0 Å². The van der Waals surface area contributed by atoms with Crippen molar-refractivity contribution in [1.29, 1.82) is 0 Å². The number of unbranched alkanes of at least 4 members (excludes halogenated alkanes) is 19. The number of carbonyl (C=O) groups is 1. The van der Waals surface area contributed by atoms with Crippen LogP contribution < -0.4 is 0 Å². The number of carboxylic acid groups (broad SMARTS) is 1. The van der Waals surface area contributed by atoms with E-state index in [1.54, 1.807) is 0 Å². The molecule has 0 heterocycles. The van der Waals surface area contributed by atoms with Crippen LogP contribution in [0.2, 0.25) is 0 Å². The van der Waals surface area contributed by atoms with Gasteiger partial charge in [0.1, 0.15) is 0 Å². The van der Waals surface area contributed by atoms with Crippen molar-refractivity contribution in [2.24, 2.45) is 0 Å². The average molecular weight is 395 g/mol. The van der Waals surface area contributed by atoms with E-state index in [9.17, 15) is 4.79 Å². The Morgan fingerprint density at radius 3 is 1.21 bits per heavy atom. The first-order valence-corrected chi connectivity index (χ1v) is 12.6. The maximum Gasteiger partial charge on any atom is 0.303 e. The van der Waals surface area contributed by atoms with Crippen molar-refractivity contribution in [3.05, 3.63) is 12.2 Å². The van der Waals surface area contributed by atoms with E-state index in [-0.39, 0.29) is 0 Å². The Labute approximate surface area is 176 Å². The molecule has 0 atom stereocenters. The third kappa shape index (κ3) is 25.2. The van der Waals surface area contributed by atoms with Gasteiger partial charge in [-0.3, -0.25) is 4.79 Å². The summed E-state index contributed by atoms with van der Waals surface area (Å²) in [7, 11) is 0. The molecule has 0 spiro atoms. The van der Waals surface area contributed by atoms with Gasteiger partial charge in [-0.05, 0) is 32.1 Å². The van der Waals surface area contributed by atoms with Crippen molar-refractivity contribution < 1.29 is 9.90 Å². The number of aliphatic carboxylic acids is 1. The van der Waals surface area contributed by atoms with E-state index in [0.717, 1.165) is 25.7 Å². The zero-order valence-corrected chi connectivity index (χ0v) is 19.1. The topological polar surface area (TPSA) is 37.3 Å². The van der Waals surface area contributed by atoms with Gasteiger partial charge in [-0.2, -0.15) is 0 Å². The summed E-state index contributed by atoms with van der Waals surface area (Å²) in [4.78, 5) is 10.4. The van der Waals surface area contributed by atoms with Gasteiger partial charge in [-0.25, -0.2) is 0 Å². The van der Waals surface area contributed by atoms with E-state index in [1.165, 1.54) is 109 Å². The number of hydrogen-bond donors (Lipinski definition) is 1. The van der Waals surface area contributed by atoms with Crippen LogP contribution in [0.25, 0.3) is 0 Å². The molecule has 166 valence electrons. The lowest BCUT2D eigenvalue weighted by atomic mass is 10.0. The lowest BCUT2D eigenvalue weighted by Crippen LogP contribution is -1.93. The van der Waals surface area contributed by atoms with Crippen LogP contribution in [0.5, 0.6) is 0 Å². The summed E-state index contributed by atoms with van der Waals surface area (Å²) in [5.74, 6) is -0.664. The summed E-state index contributed by atoms with van der Waals surface area (Å²) in [5.41, 5.74) is 0. The van der Waals surface area contributed by atoms with Gasteiger partial charge in [-0.1, -0.05) is 122 Å². The lowest BCUT2D eigenvalue weighted by molar-refractivity contribution is -0.137. The van der Waals surface area contributed by atoms with Crippen molar-refractivity contribution in [2.75, 3.05) is 0 Å². The SMILES string of the molecule is CCCCCCCCCCCCCCCCCC=CCCCCCCC(=O)O. The van der Waals surface area contributed by atoms with E-state index >= 15 is 0 Å². The summed E-state index contributed by atoms with van der Waals surface area (Å²) >= 11 is 0. The highest BCUT2D eigenvalue weighted by atomic mass is 16.4. The van der Waals surface area contributed by atoms with Crippen molar-refractivity contribution in [2.45, 2.75) is 148 Å². The van der Waals surface area contributed by atoms with Crippen LogP contribution in [0.1, 0.15) is 148 Å². The molecule has 0 rings (SSSR count). The van der Waals surface area contributed by atoms with Crippen LogP contribution in [-0.2, 0) is 4.79 Å². The molecular formula is C26H50O2. The first-order valence-electron chi connectivity index (χ1n) is 12.6. The van der Waals surface area contributed by atoms with Crippen LogP contribution in [-0.4, -0.2) is 11.1 Å². The van der Waals surface area contributed by atoms with Gasteiger partial charge < -0.3 is 5.11 Å². The molecule has 28 heavy (non-hydrogen) atoms. The molecule has 2 heteroatoms. The summed E-state index contributed by atoms with van der Waals surface area (Å²) in [6.07, 6.45) is 33.1. The minimum Gasteiger partial charge on any atom is -0.481 e. The standard InChI is InChI=1S/C26H50O2/c1-2-3-4-5-6-7-8-9-10-11-12-13-14-15-16-17-18-19-20-21-22-23-24-25-26(27)28/h18-19H,2-17,20-25H2,1H3,(H,27,28). The van der Waals surface area contributed by atoms with E-state index < -0.39 is 5.97 Å².